The van der Waals surface area contributed by atoms with E-state index in [2.05, 4.69) is 20.9 Å². The highest BCUT2D eigenvalue weighted by Crippen LogP contribution is 2.26. The third-order valence-corrected chi connectivity index (χ3v) is 7.69. The molecule has 0 aliphatic carbocycles. The molecular formula is C21H29FN4O2S2. The highest BCUT2D eigenvalue weighted by atomic mass is 32.2. The van der Waals surface area contributed by atoms with Gasteiger partial charge in [-0.25, -0.2) is 17.8 Å². The summed E-state index contributed by atoms with van der Waals surface area (Å²) in [5.74, 6) is 0.376. The first-order chi connectivity index (χ1) is 14.3. The molecule has 0 unspecified atom stereocenters. The van der Waals surface area contributed by atoms with Gasteiger partial charge in [0.15, 0.2) is 0 Å². The van der Waals surface area contributed by atoms with Crippen LogP contribution in [0.2, 0.25) is 0 Å². The fourth-order valence-electron chi connectivity index (χ4n) is 3.42. The van der Waals surface area contributed by atoms with Crippen molar-refractivity contribution in [2.45, 2.75) is 37.6 Å². The molecule has 3 rings (SSSR count). The topological polar surface area (TPSA) is 65.5 Å². The summed E-state index contributed by atoms with van der Waals surface area (Å²) in [7, 11) is -3.81. The zero-order valence-corrected chi connectivity index (χ0v) is 19.2. The van der Waals surface area contributed by atoms with E-state index in [1.54, 1.807) is 24.1 Å². The monoisotopic (exact) mass is 452 g/mol. The van der Waals surface area contributed by atoms with Crippen LogP contribution in [0.25, 0.3) is 0 Å². The number of hydrogen-bond donors (Lipinski definition) is 1. The predicted molar refractivity (Wildman–Crippen MR) is 122 cm³/mol. The normalized spacial score (nSPS) is 16.0. The minimum atomic E-state index is -3.81. The number of pyridine rings is 1. The standard InChI is InChI=1S/C21H29FN4O2S2/c1-16(2)15-26(19-6-4-17(22)5-7-19)30(27,28)20-8-9-21(23-14-20)24-18-10-12-25(29-3)13-11-18/h4-9,14,16,18H,10-13,15H2,1-3H3,(H,23,24). The molecule has 30 heavy (non-hydrogen) atoms. The second kappa shape index (κ2) is 9.98. The van der Waals surface area contributed by atoms with Gasteiger partial charge in [0.2, 0.25) is 0 Å². The number of anilines is 2. The lowest BCUT2D eigenvalue weighted by molar-refractivity contribution is 0.359. The van der Waals surface area contributed by atoms with Crippen LogP contribution in [0, 0.1) is 11.7 Å². The van der Waals surface area contributed by atoms with Gasteiger partial charge in [-0.3, -0.25) is 8.61 Å². The van der Waals surface area contributed by atoms with E-state index in [0.29, 0.717) is 24.1 Å². The second-order valence-electron chi connectivity index (χ2n) is 7.82. The van der Waals surface area contributed by atoms with Gasteiger partial charge in [0.05, 0.1) is 5.69 Å². The van der Waals surface area contributed by atoms with E-state index in [1.165, 1.54) is 34.8 Å². The smallest absolute Gasteiger partial charge is 0.265 e. The maximum Gasteiger partial charge on any atom is 0.265 e. The van der Waals surface area contributed by atoms with Crippen LogP contribution in [-0.2, 0) is 10.0 Å². The molecule has 0 spiro atoms. The Balaban J connectivity index is 1.76. The summed E-state index contributed by atoms with van der Waals surface area (Å²) in [6.07, 6.45) is 5.53. The van der Waals surface area contributed by atoms with Crippen LogP contribution in [0.15, 0.2) is 47.5 Å². The minimum Gasteiger partial charge on any atom is -0.367 e. The van der Waals surface area contributed by atoms with E-state index < -0.39 is 15.8 Å². The number of hydrogen-bond acceptors (Lipinski definition) is 6. The van der Waals surface area contributed by atoms with Crippen molar-refractivity contribution in [3.63, 3.8) is 0 Å². The quantitative estimate of drug-likeness (QED) is 0.605. The van der Waals surface area contributed by atoms with Crippen LogP contribution in [0.5, 0.6) is 0 Å². The molecule has 0 amide bonds. The van der Waals surface area contributed by atoms with E-state index in [9.17, 15) is 12.8 Å². The van der Waals surface area contributed by atoms with E-state index in [0.717, 1.165) is 25.9 Å². The summed E-state index contributed by atoms with van der Waals surface area (Å²) in [5, 5.41) is 3.41. The van der Waals surface area contributed by atoms with Gasteiger partial charge in [0, 0.05) is 31.9 Å². The molecule has 1 saturated heterocycles. The summed E-state index contributed by atoms with van der Waals surface area (Å²) in [5.41, 5.74) is 0.438. The van der Waals surface area contributed by atoms with Gasteiger partial charge in [0.1, 0.15) is 16.5 Å². The number of nitrogens with one attached hydrogen (secondary N) is 1. The van der Waals surface area contributed by atoms with Gasteiger partial charge < -0.3 is 5.32 Å². The Labute approximate surface area is 183 Å². The Morgan fingerprint density at radius 3 is 2.40 bits per heavy atom. The van der Waals surface area contributed by atoms with Gasteiger partial charge in [-0.2, -0.15) is 0 Å². The molecule has 1 aliphatic rings. The molecule has 6 nitrogen and oxygen atoms in total. The number of halogens is 1. The number of piperidine rings is 1. The maximum atomic E-state index is 13.3. The molecular weight excluding hydrogens is 423 g/mol. The van der Waals surface area contributed by atoms with Gasteiger partial charge >= 0.3 is 0 Å². The second-order valence-corrected chi connectivity index (χ2v) is 10.6. The van der Waals surface area contributed by atoms with Crippen LogP contribution in [0.4, 0.5) is 15.9 Å². The van der Waals surface area contributed by atoms with Crippen LogP contribution in [0.1, 0.15) is 26.7 Å². The molecule has 2 heterocycles. The molecule has 9 heteroatoms. The van der Waals surface area contributed by atoms with E-state index in [4.69, 9.17) is 0 Å². The summed E-state index contributed by atoms with van der Waals surface area (Å²) < 4.78 is 43.5. The number of rotatable bonds is 8. The molecule has 2 aromatic rings. The van der Waals surface area contributed by atoms with Crippen molar-refractivity contribution < 1.29 is 12.8 Å². The largest absolute Gasteiger partial charge is 0.367 e. The molecule has 1 N–H and O–H groups in total. The summed E-state index contributed by atoms with van der Waals surface area (Å²) >= 11 is 1.76. The van der Waals surface area contributed by atoms with Crippen LogP contribution < -0.4 is 9.62 Å². The maximum absolute atomic E-state index is 13.3. The van der Waals surface area contributed by atoms with Crippen LogP contribution >= 0.6 is 11.9 Å². The average Bonchev–Trinajstić information content (AvgIpc) is 2.73. The molecule has 0 bridgehead atoms. The summed E-state index contributed by atoms with van der Waals surface area (Å²) in [4.78, 5) is 4.47. The van der Waals surface area contributed by atoms with Crippen molar-refractivity contribution >= 4 is 33.5 Å². The number of aromatic nitrogens is 1. The Hall–Kier alpha value is -1.84. The molecule has 0 radical (unpaired) electrons. The first-order valence-corrected chi connectivity index (χ1v) is 12.7. The van der Waals surface area contributed by atoms with Gasteiger partial charge in [-0.05, 0) is 61.4 Å². The fourth-order valence-corrected chi connectivity index (χ4v) is 5.57. The van der Waals surface area contributed by atoms with Crippen molar-refractivity contribution in [2.75, 3.05) is 35.5 Å². The number of nitrogens with zero attached hydrogens (tertiary/aromatic N) is 3. The Bertz CT molecular complexity index is 913. The zero-order chi connectivity index (χ0) is 21.7. The predicted octanol–water partition coefficient (Wildman–Crippen LogP) is 4.23. The van der Waals surface area contributed by atoms with Crippen molar-refractivity contribution in [2.24, 2.45) is 5.92 Å². The van der Waals surface area contributed by atoms with Crippen LogP contribution in [-0.4, -0.2) is 49.6 Å². The first kappa shape index (κ1) is 22.8. The molecule has 1 aromatic carbocycles. The minimum absolute atomic E-state index is 0.103. The van der Waals surface area contributed by atoms with Crippen molar-refractivity contribution in [3.8, 4) is 0 Å². The third kappa shape index (κ3) is 5.65. The lowest BCUT2D eigenvalue weighted by Gasteiger charge is -2.30. The Kier molecular flexibility index (Phi) is 7.60. The van der Waals surface area contributed by atoms with E-state index in [-0.39, 0.29) is 10.8 Å². The average molecular weight is 453 g/mol. The van der Waals surface area contributed by atoms with Crippen molar-refractivity contribution in [1.82, 2.24) is 9.29 Å². The molecule has 0 atom stereocenters. The van der Waals surface area contributed by atoms with Gasteiger partial charge in [-0.15, -0.1) is 0 Å². The number of benzene rings is 1. The Morgan fingerprint density at radius 2 is 1.87 bits per heavy atom. The van der Waals surface area contributed by atoms with Crippen molar-refractivity contribution in [3.05, 3.63) is 48.4 Å². The van der Waals surface area contributed by atoms with Gasteiger partial charge in [0.25, 0.3) is 10.0 Å². The summed E-state index contributed by atoms with van der Waals surface area (Å²) in [6, 6.07) is 9.14. The first-order valence-electron chi connectivity index (χ1n) is 10.1. The van der Waals surface area contributed by atoms with Gasteiger partial charge in [-0.1, -0.05) is 25.8 Å². The van der Waals surface area contributed by atoms with E-state index >= 15 is 0 Å². The van der Waals surface area contributed by atoms with Crippen molar-refractivity contribution in [1.29, 1.82) is 0 Å². The lowest BCUT2D eigenvalue weighted by Crippen LogP contribution is -2.35. The summed E-state index contributed by atoms with van der Waals surface area (Å²) in [6.45, 7) is 6.22. The molecule has 1 fully saturated rings. The lowest BCUT2D eigenvalue weighted by atomic mass is 10.1. The SMILES string of the molecule is CSN1CCC(Nc2ccc(S(=O)(=O)N(CC(C)C)c3ccc(F)cc3)cn2)CC1. The highest BCUT2D eigenvalue weighted by molar-refractivity contribution is 7.96. The fraction of sp³-hybridized carbons (Fsp3) is 0.476. The Morgan fingerprint density at radius 1 is 1.20 bits per heavy atom. The van der Waals surface area contributed by atoms with E-state index in [1.807, 2.05) is 13.8 Å². The number of sulfonamides is 1. The zero-order valence-electron chi connectivity index (χ0n) is 17.6. The molecule has 1 aromatic heterocycles. The third-order valence-electron chi connectivity index (χ3n) is 5.03. The molecule has 164 valence electrons. The van der Waals surface area contributed by atoms with Crippen LogP contribution in [0.3, 0.4) is 0 Å². The molecule has 0 saturated carbocycles. The molecule has 1 aliphatic heterocycles. The highest BCUT2D eigenvalue weighted by Gasteiger charge is 2.26.